The normalized spacial score (nSPS) is 31.2. The van der Waals surface area contributed by atoms with Crippen molar-refractivity contribution in [3.05, 3.63) is 0 Å². The van der Waals surface area contributed by atoms with Crippen LogP contribution < -0.4 is 0 Å². The molecular weight excluding hydrogens is 175 g/mol. The number of aliphatic carboxylic acids is 1. The van der Waals surface area contributed by atoms with Crippen LogP contribution in [0.3, 0.4) is 0 Å². The van der Waals surface area contributed by atoms with Gasteiger partial charge in [0.15, 0.2) is 0 Å². The summed E-state index contributed by atoms with van der Waals surface area (Å²) in [5.41, 5.74) is 0. The van der Waals surface area contributed by atoms with Crippen molar-refractivity contribution in [2.75, 3.05) is 13.2 Å². The van der Waals surface area contributed by atoms with Crippen LogP contribution in [-0.4, -0.2) is 30.5 Å². The fourth-order valence-electron chi connectivity index (χ4n) is 1.83. The van der Waals surface area contributed by atoms with Crippen LogP contribution in [-0.2, 0) is 9.53 Å². The molecule has 1 rings (SSSR count). The number of hydrogen-bond donors (Lipinski definition) is 1. The van der Waals surface area contributed by atoms with Gasteiger partial charge in [-0.3, -0.25) is 4.79 Å². The topological polar surface area (TPSA) is 46.5 Å². The molecule has 1 fully saturated rings. The first kappa shape index (κ1) is 10.4. The molecule has 0 aromatic carbocycles. The summed E-state index contributed by atoms with van der Waals surface area (Å²) >= 11 is 0. The zero-order valence-electron chi connectivity index (χ0n) is 7.70. The Labute approximate surface area is 76.9 Å². The van der Waals surface area contributed by atoms with E-state index < -0.39 is 18.1 Å². The lowest BCUT2D eigenvalue weighted by Crippen LogP contribution is -2.37. The predicted molar refractivity (Wildman–Crippen MR) is 45.2 cm³/mol. The van der Waals surface area contributed by atoms with Gasteiger partial charge in [-0.1, -0.05) is 6.92 Å². The zero-order chi connectivity index (χ0) is 9.84. The van der Waals surface area contributed by atoms with Crippen molar-refractivity contribution < 1.29 is 19.0 Å². The van der Waals surface area contributed by atoms with Crippen LogP contribution >= 0.6 is 0 Å². The van der Waals surface area contributed by atoms with Crippen LogP contribution in [0, 0.1) is 11.8 Å². The summed E-state index contributed by atoms with van der Waals surface area (Å²) in [5, 5.41) is 8.84. The molecule has 1 saturated heterocycles. The summed E-state index contributed by atoms with van der Waals surface area (Å²) in [4.78, 5) is 10.8. The highest BCUT2D eigenvalue weighted by Crippen LogP contribution is 2.28. The number of halogens is 1. The Morgan fingerprint density at radius 1 is 1.77 bits per heavy atom. The van der Waals surface area contributed by atoms with E-state index in [2.05, 4.69) is 0 Å². The Balaban J connectivity index is 2.60. The van der Waals surface area contributed by atoms with Crippen molar-refractivity contribution in [3.63, 3.8) is 0 Å². The molecule has 1 aliphatic rings. The maximum atomic E-state index is 13.3. The third-order valence-electron chi connectivity index (χ3n) is 2.61. The minimum atomic E-state index is -1.12. The molecule has 1 N–H and O–H groups in total. The lowest BCUT2D eigenvalue weighted by Gasteiger charge is -2.30. The second kappa shape index (κ2) is 4.56. The molecule has 4 heteroatoms. The summed E-state index contributed by atoms with van der Waals surface area (Å²) in [6.45, 7) is 2.31. The monoisotopic (exact) mass is 190 g/mol. The molecule has 0 aliphatic carbocycles. The van der Waals surface area contributed by atoms with Crippen molar-refractivity contribution in [2.45, 2.75) is 25.9 Å². The molecule has 0 radical (unpaired) electrons. The molecule has 1 heterocycles. The smallest absolute Gasteiger partial charge is 0.306 e. The summed E-state index contributed by atoms with van der Waals surface area (Å²) in [6, 6.07) is 0. The van der Waals surface area contributed by atoms with Crippen molar-refractivity contribution >= 4 is 5.97 Å². The molecule has 0 saturated carbocycles. The van der Waals surface area contributed by atoms with Gasteiger partial charge in [0.25, 0.3) is 0 Å². The van der Waals surface area contributed by atoms with E-state index in [1.165, 1.54) is 0 Å². The number of alkyl halides is 1. The highest BCUT2D eigenvalue weighted by molar-refractivity contribution is 5.70. The van der Waals surface area contributed by atoms with E-state index in [0.29, 0.717) is 19.4 Å². The van der Waals surface area contributed by atoms with Crippen molar-refractivity contribution in [3.8, 4) is 0 Å². The zero-order valence-corrected chi connectivity index (χ0v) is 7.70. The number of carbonyl (C=O) groups is 1. The van der Waals surface area contributed by atoms with Crippen molar-refractivity contribution in [2.24, 2.45) is 11.8 Å². The molecule has 3 unspecified atom stereocenters. The average Bonchev–Trinajstić information content (AvgIpc) is 2.09. The van der Waals surface area contributed by atoms with E-state index in [1.807, 2.05) is 0 Å². The van der Waals surface area contributed by atoms with Crippen LogP contribution in [0.4, 0.5) is 4.39 Å². The molecule has 1 aliphatic heterocycles. The fourth-order valence-corrected chi connectivity index (χ4v) is 1.83. The number of carboxylic acid groups (broad SMARTS) is 1. The average molecular weight is 190 g/mol. The third kappa shape index (κ3) is 2.40. The second-order valence-electron chi connectivity index (χ2n) is 3.40. The number of hydrogen-bond acceptors (Lipinski definition) is 2. The van der Waals surface area contributed by atoms with Crippen LogP contribution in [0.2, 0.25) is 0 Å². The highest BCUT2D eigenvalue weighted by Gasteiger charge is 2.35. The van der Waals surface area contributed by atoms with Crippen LogP contribution in [0.1, 0.15) is 19.8 Å². The molecule has 0 aromatic heterocycles. The Morgan fingerprint density at radius 3 is 2.92 bits per heavy atom. The summed E-state index contributed by atoms with van der Waals surface area (Å²) in [7, 11) is 0. The molecular formula is C9H15FO3. The first-order chi connectivity index (χ1) is 6.16. The molecule has 0 amide bonds. The number of rotatable bonds is 3. The molecule has 3 atom stereocenters. The van der Waals surface area contributed by atoms with E-state index in [4.69, 9.17) is 9.84 Å². The predicted octanol–water partition coefficient (Wildman–Crippen LogP) is 1.47. The Bertz CT molecular complexity index is 184. The molecule has 0 aromatic rings. The lowest BCUT2D eigenvalue weighted by molar-refractivity contribution is -0.147. The van der Waals surface area contributed by atoms with Gasteiger partial charge in [0, 0.05) is 12.5 Å². The van der Waals surface area contributed by atoms with Gasteiger partial charge in [0.05, 0.1) is 12.5 Å². The number of ether oxygens (including phenoxy) is 1. The maximum Gasteiger partial charge on any atom is 0.306 e. The van der Waals surface area contributed by atoms with Gasteiger partial charge in [-0.2, -0.15) is 0 Å². The standard InChI is InChI=1S/C9H15FO3/c1-2-6(9(11)12)7-3-4-13-5-8(7)10/h6-8H,2-5H2,1H3,(H,11,12). The molecule has 76 valence electrons. The molecule has 3 nitrogen and oxygen atoms in total. The van der Waals surface area contributed by atoms with E-state index >= 15 is 0 Å². The first-order valence-electron chi connectivity index (χ1n) is 4.61. The van der Waals surface area contributed by atoms with Gasteiger partial charge in [0.2, 0.25) is 0 Å². The van der Waals surface area contributed by atoms with Crippen molar-refractivity contribution in [1.82, 2.24) is 0 Å². The Kier molecular flexibility index (Phi) is 3.66. The molecule has 0 spiro atoms. The van der Waals surface area contributed by atoms with E-state index in [9.17, 15) is 9.18 Å². The van der Waals surface area contributed by atoms with E-state index in [1.54, 1.807) is 6.92 Å². The van der Waals surface area contributed by atoms with Gasteiger partial charge in [0.1, 0.15) is 6.17 Å². The highest BCUT2D eigenvalue weighted by atomic mass is 19.1. The van der Waals surface area contributed by atoms with Gasteiger partial charge < -0.3 is 9.84 Å². The van der Waals surface area contributed by atoms with Gasteiger partial charge in [-0.25, -0.2) is 4.39 Å². The van der Waals surface area contributed by atoms with Crippen LogP contribution in [0.15, 0.2) is 0 Å². The van der Waals surface area contributed by atoms with Crippen LogP contribution in [0.5, 0.6) is 0 Å². The Morgan fingerprint density at radius 2 is 2.46 bits per heavy atom. The van der Waals surface area contributed by atoms with E-state index in [0.717, 1.165) is 0 Å². The van der Waals surface area contributed by atoms with Gasteiger partial charge in [-0.15, -0.1) is 0 Å². The number of carboxylic acids is 1. The largest absolute Gasteiger partial charge is 0.481 e. The summed E-state index contributed by atoms with van der Waals surface area (Å²) in [6.07, 6.45) is -0.110. The third-order valence-corrected chi connectivity index (χ3v) is 2.61. The lowest BCUT2D eigenvalue weighted by atomic mass is 9.83. The molecule has 0 bridgehead atoms. The van der Waals surface area contributed by atoms with Crippen molar-refractivity contribution in [1.29, 1.82) is 0 Å². The fraction of sp³-hybridized carbons (Fsp3) is 0.889. The second-order valence-corrected chi connectivity index (χ2v) is 3.40. The van der Waals surface area contributed by atoms with Crippen LogP contribution in [0.25, 0.3) is 0 Å². The summed E-state index contributed by atoms with van der Waals surface area (Å²) in [5.74, 6) is -1.81. The Hall–Kier alpha value is -0.640. The SMILES string of the molecule is CCC(C(=O)O)C1CCOCC1F. The first-order valence-corrected chi connectivity index (χ1v) is 4.61. The minimum absolute atomic E-state index is 0.0500. The minimum Gasteiger partial charge on any atom is -0.481 e. The van der Waals surface area contributed by atoms with Gasteiger partial charge in [-0.05, 0) is 12.8 Å². The van der Waals surface area contributed by atoms with E-state index in [-0.39, 0.29) is 12.5 Å². The molecule has 13 heavy (non-hydrogen) atoms. The summed E-state index contributed by atoms with van der Waals surface area (Å²) < 4.78 is 18.2. The maximum absolute atomic E-state index is 13.3. The van der Waals surface area contributed by atoms with Gasteiger partial charge >= 0.3 is 5.97 Å². The quantitative estimate of drug-likeness (QED) is 0.733.